The number of methoxy groups -OCH3 is 3. The monoisotopic (exact) mass is 388 g/mol. The van der Waals surface area contributed by atoms with E-state index in [1.807, 2.05) is 24.3 Å². The Balaban J connectivity index is 1.80. The molecule has 1 amide bonds. The summed E-state index contributed by atoms with van der Waals surface area (Å²) in [5, 5.41) is 3.77. The molecule has 0 saturated heterocycles. The van der Waals surface area contributed by atoms with Crippen LogP contribution in [-0.4, -0.2) is 46.9 Å². The van der Waals surface area contributed by atoms with Gasteiger partial charge >= 0.3 is 6.09 Å². The summed E-state index contributed by atoms with van der Waals surface area (Å²) in [6.07, 6.45) is 1.54. The zero-order chi connectivity index (χ0) is 20.2. The molecule has 28 heavy (non-hydrogen) atoms. The Labute approximate surface area is 164 Å². The number of nitrogens with one attached hydrogen (secondary N) is 1. The van der Waals surface area contributed by atoms with Crippen LogP contribution in [-0.2, 0) is 4.74 Å². The molecule has 2 rings (SSSR count). The molecule has 0 aliphatic carbocycles. The summed E-state index contributed by atoms with van der Waals surface area (Å²) in [5.41, 5.74) is 2.95. The minimum Gasteiger partial charge on any atom is -0.497 e. The standard InChI is InChI=1S/C20H24N2O6/c1-24-16-6-4-7-17(13-16)27-10-5-11-28-18-9-8-15(12-19(18)25-2)14-21-22-20(23)26-3/h4,6-9,12-14H,5,10-11H2,1-3H3,(H,22,23)/b21-14-. The van der Waals surface area contributed by atoms with Crippen molar-refractivity contribution >= 4 is 12.3 Å². The largest absolute Gasteiger partial charge is 0.497 e. The topological polar surface area (TPSA) is 87.6 Å². The van der Waals surface area contributed by atoms with Crippen molar-refractivity contribution in [1.82, 2.24) is 5.43 Å². The van der Waals surface area contributed by atoms with Gasteiger partial charge < -0.3 is 23.7 Å². The first kappa shape index (κ1) is 20.9. The summed E-state index contributed by atoms with van der Waals surface area (Å²) in [6, 6.07) is 12.8. The Morgan fingerprint density at radius 2 is 1.75 bits per heavy atom. The third kappa shape index (κ3) is 6.71. The maximum atomic E-state index is 11.0. The highest BCUT2D eigenvalue weighted by atomic mass is 16.5. The smallest absolute Gasteiger partial charge is 0.427 e. The van der Waals surface area contributed by atoms with Gasteiger partial charge in [-0.05, 0) is 35.9 Å². The molecule has 8 heteroatoms. The molecule has 0 bridgehead atoms. The van der Waals surface area contributed by atoms with E-state index in [-0.39, 0.29) is 0 Å². The van der Waals surface area contributed by atoms with Gasteiger partial charge in [0.15, 0.2) is 11.5 Å². The molecule has 0 spiro atoms. The van der Waals surface area contributed by atoms with Crippen molar-refractivity contribution < 1.29 is 28.5 Å². The number of hydrogen-bond acceptors (Lipinski definition) is 7. The molecule has 0 fully saturated rings. The van der Waals surface area contributed by atoms with Gasteiger partial charge in [-0.1, -0.05) is 6.07 Å². The van der Waals surface area contributed by atoms with Crippen LogP contribution in [0.5, 0.6) is 23.0 Å². The minimum absolute atomic E-state index is 0.470. The maximum absolute atomic E-state index is 11.0. The molecule has 150 valence electrons. The van der Waals surface area contributed by atoms with E-state index in [2.05, 4.69) is 15.3 Å². The van der Waals surface area contributed by atoms with Crippen molar-refractivity contribution in [3.05, 3.63) is 48.0 Å². The van der Waals surface area contributed by atoms with E-state index >= 15 is 0 Å². The number of benzene rings is 2. The maximum Gasteiger partial charge on any atom is 0.427 e. The van der Waals surface area contributed by atoms with Crippen LogP contribution in [0.4, 0.5) is 4.79 Å². The van der Waals surface area contributed by atoms with Crippen LogP contribution in [0.2, 0.25) is 0 Å². The molecule has 8 nitrogen and oxygen atoms in total. The van der Waals surface area contributed by atoms with Gasteiger partial charge in [-0.2, -0.15) is 5.10 Å². The highest BCUT2D eigenvalue weighted by Crippen LogP contribution is 2.27. The quantitative estimate of drug-likeness (QED) is 0.382. The fourth-order valence-electron chi connectivity index (χ4n) is 2.21. The SMILES string of the molecule is COC(=O)N/N=C\c1ccc(OCCCOc2cccc(OC)c2)c(OC)c1. The Morgan fingerprint density at radius 1 is 0.964 bits per heavy atom. The van der Waals surface area contributed by atoms with Gasteiger partial charge in [0.05, 0.1) is 40.8 Å². The second kappa shape index (κ2) is 11.3. The number of hydrogen-bond donors (Lipinski definition) is 1. The normalized spacial score (nSPS) is 10.4. The highest BCUT2D eigenvalue weighted by Gasteiger charge is 2.05. The van der Waals surface area contributed by atoms with E-state index in [9.17, 15) is 4.79 Å². The molecule has 0 heterocycles. The molecule has 0 aromatic heterocycles. The van der Waals surface area contributed by atoms with Crippen LogP contribution >= 0.6 is 0 Å². The lowest BCUT2D eigenvalue weighted by molar-refractivity contribution is 0.171. The lowest BCUT2D eigenvalue weighted by Gasteiger charge is -2.12. The van der Waals surface area contributed by atoms with Crippen molar-refractivity contribution in [1.29, 1.82) is 0 Å². The van der Waals surface area contributed by atoms with Crippen LogP contribution in [0.25, 0.3) is 0 Å². The average Bonchev–Trinajstić information content (AvgIpc) is 2.74. The number of carbonyl (C=O) groups excluding carboxylic acids is 1. The Morgan fingerprint density at radius 3 is 2.50 bits per heavy atom. The number of nitrogens with zero attached hydrogens (tertiary/aromatic N) is 1. The zero-order valence-electron chi connectivity index (χ0n) is 16.1. The van der Waals surface area contributed by atoms with E-state index < -0.39 is 6.09 Å². The average molecular weight is 388 g/mol. The summed E-state index contributed by atoms with van der Waals surface area (Å²) in [7, 11) is 4.44. The first-order chi connectivity index (χ1) is 13.7. The molecular formula is C20H24N2O6. The van der Waals surface area contributed by atoms with Crippen molar-refractivity contribution in [3.63, 3.8) is 0 Å². The Kier molecular flexibility index (Phi) is 8.45. The molecule has 1 N–H and O–H groups in total. The van der Waals surface area contributed by atoms with E-state index in [1.54, 1.807) is 32.4 Å². The van der Waals surface area contributed by atoms with Crippen LogP contribution in [0, 0.1) is 0 Å². The van der Waals surface area contributed by atoms with E-state index in [4.69, 9.17) is 18.9 Å². The van der Waals surface area contributed by atoms with Gasteiger partial charge in [-0.15, -0.1) is 0 Å². The van der Waals surface area contributed by atoms with Crippen LogP contribution in [0.15, 0.2) is 47.6 Å². The summed E-state index contributed by atoms with van der Waals surface area (Å²) in [5.74, 6) is 2.68. The third-order valence-corrected chi connectivity index (χ3v) is 3.60. The Hall–Kier alpha value is -3.42. The highest BCUT2D eigenvalue weighted by molar-refractivity contribution is 5.82. The van der Waals surface area contributed by atoms with E-state index in [0.717, 1.165) is 17.1 Å². The van der Waals surface area contributed by atoms with Gasteiger partial charge in [0.1, 0.15) is 11.5 Å². The lowest BCUT2D eigenvalue weighted by atomic mass is 10.2. The van der Waals surface area contributed by atoms with Gasteiger partial charge in [0.2, 0.25) is 0 Å². The number of hydrazone groups is 1. The van der Waals surface area contributed by atoms with E-state index in [1.165, 1.54) is 13.3 Å². The number of amides is 1. The molecule has 2 aromatic rings. The molecule has 0 aliphatic heterocycles. The molecule has 0 unspecified atom stereocenters. The molecule has 0 saturated carbocycles. The predicted octanol–water partition coefficient (Wildman–Crippen LogP) is 3.24. The third-order valence-electron chi connectivity index (χ3n) is 3.60. The fraction of sp³-hybridized carbons (Fsp3) is 0.300. The molecule has 2 aromatic carbocycles. The van der Waals surface area contributed by atoms with Crippen molar-refractivity contribution in [2.45, 2.75) is 6.42 Å². The zero-order valence-corrected chi connectivity index (χ0v) is 16.1. The van der Waals surface area contributed by atoms with Gasteiger partial charge in [-0.3, -0.25) is 0 Å². The van der Waals surface area contributed by atoms with Crippen molar-refractivity contribution in [3.8, 4) is 23.0 Å². The minimum atomic E-state index is -0.640. The Bertz CT molecular complexity index is 794. The second-order valence-electron chi connectivity index (χ2n) is 5.50. The van der Waals surface area contributed by atoms with Crippen molar-refractivity contribution in [2.24, 2.45) is 5.10 Å². The predicted molar refractivity (Wildman–Crippen MR) is 105 cm³/mol. The van der Waals surface area contributed by atoms with Crippen molar-refractivity contribution in [2.75, 3.05) is 34.5 Å². The van der Waals surface area contributed by atoms with Crippen LogP contribution in [0.1, 0.15) is 12.0 Å². The molecule has 0 aliphatic rings. The van der Waals surface area contributed by atoms with Gasteiger partial charge in [0, 0.05) is 12.5 Å². The van der Waals surface area contributed by atoms with Crippen LogP contribution < -0.4 is 24.4 Å². The summed E-state index contributed by atoms with van der Waals surface area (Å²) < 4.78 is 26.4. The fourth-order valence-corrected chi connectivity index (χ4v) is 2.21. The molecule has 0 atom stereocenters. The molecule has 0 radical (unpaired) electrons. The summed E-state index contributed by atoms with van der Waals surface area (Å²) in [6.45, 7) is 0.983. The lowest BCUT2D eigenvalue weighted by Crippen LogP contribution is -2.16. The first-order valence-electron chi connectivity index (χ1n) is 8.61. The summed E-state index contributed by atoms with van der Waals surface area (Å²) in [4.78, 5) is 11.0. The number of rotatable bonds is 10. The van der Waals surface area contributed by atoms with E-state index in [0.29, 0.717) is 31.1 Å². The number of carbonyl (C=O) groups is 1. The van der Waals surface area contributed by atoms with Gasteiger partial charge in [-0.25, -0.2) is 10.2 Å². The first-order valence-corrected chi connectivity index (χ1v) is 8.61. The van der Waals surface area contributed by atoms with Gasteiger partial charge in [0.25, 0.3) is 0 Å². The second-order valence-corrected chi connectivity index (χ2v) is 5.50. The van der Waals surface area contributed by atoms with Crippen LogP contribution in [0.3, 0.4) is 0 Å². The molecular weight excluding hydrogens is 364 g/mol. The summed E-state index contributed by atoms with van der Waals surface area (Å²) >= 11 is 0. The number of ether oxygens (including phenoxy) is 5.